The van der Waals surface area contributed by atoms with Crippen LogP contribution in [0.4, 0.5) is 0 Å². The highest BCUT2D eigenvalue weighted by Gasteiger charge is 2.17. The second-order valence-electron chi connectivity index (χ2n) is 5.40. The third-order valence-corrected chi connectivity index (χ3v) is 4.30. The van der Waals surface area contributed by atoms with Crippen LogP contribution in [0.25, 0.3) is 0 Å². The molecule has 1 heterocycles. The van der Waals surface area contributed by atoms with Crippen LogP contribution in [0.3, 0.4) is 0 Å². The van der Waals surface area contributed by atoms with Gasteiger partial charge in [0.15, 0.2) is 0 Å². The molecule has 2 aromatic rings. The Kier molecular flexibility index (Phi) is 5.33. The van der Waals surface area contributed by atoms with E-state index in [9.17, 15) is 14.7 Å². The Balaban J connectivity index is 2.18. The highest BCUT2D eigenvalue weighted by atomic mass is 32.1. The first kappa shape index (κ1) is 16.2. The molecule has 1 amide bonds. The summed E-state index contributed by atoms with van der Waals surface area (Å²) in [6.45, 7) is 4.18. The van der Waals surface area contributed by atoms with E-state index < -0.39 is 12.0 Å². The summed E-state index contributed by atoms with van der Waals surface area (Å²) in [7, 11) is 0. The number of nitrogens with one attached hydrogen (secondary N) is 1. The molecule has 0 bridgehead atoms. The smallest absolute Gasteiger partial charge is 0.261 e. The van der Waals surface area contributed by atoms with Gasteiger partial charge in [0.05, 0.1) is 10.9 Å². The summed E-state index contributed by atoms with van der Waals surface area (Å²) in [5, 5.41) is 15.5. The first-order valence-corrected chi connectivity index (χ1v) is 7.99. The number of carbonyl (C=O) groups excluding carboxylic acids is 2. The number of carbonyl (C=O) groups is 2. The average molecular weight is 316 g/mol. The maximum Gasteiger partial charge on any atom is 0.261 e. The number of thiophene rings is 1. The summed E-state index contributed by atoms with van der Waals surface area (Å²) < 4.78 is 0. The van der Waals surface area contributed by atoms with Crippen molar-refractivity contribution in [3.05, 3.63) is 57.8 Å². The molecule has 1 atom stereocenters. The van der Waals surface area contributed by atoms with Crippen molar-refractivity contribution in [3.8, 4) is 0 Å². The predicted molar refractivity (Wildman–Crippen MR) is 84.7 cm³/mol. The van der Waals surface area contributed by atoms with E-state index >= 15 is 0 Å². The first-order chi connectivity index (χ1) is 10.5. The van der Waals surface area contributed by atoms with Crippen molar-refractivity contribution < 1.29 is 14.7 Å². The zero-order chi connectivity index (χ0) is 16.1. The van der Waals surface area contributed by atoms with Crippen molar-refractivity contribution in [1.29, 1.82) is 0 Å². The highest BCUT2D eigenvalue weighted by Crippen LogP contribution is 2.21. The van der Waals surface area contributed by atoms with Gasteiger partial charge in [0, 0.05) is 12.4 Å². The molecular weight excluding hydrogens is 298 g/mol. The number of benzene rings is 1. The number of hydrogen-bond donors (Lipinski definition) is 1. The van der Waals surface area contributed by atoms with E-state index in [2.05, 4.69) is 19.2 Å². The standard InChI is InChI=1S/C17H19NO3S/c1-11(2)12-5-7-13(8-6-12)14(10-16(19)20)18-17(21)15-4-3-9-22-15/h3-9,11,14H,10H2,1-2H3,(H,18,21)(H,19,20)/p-1/t14-/m1/s1. The van der Waals surface area contributed by atoms with Gasteiger partial charge in [-0.05, 0) is 28.5 Å². The maximum absolute atomic E-state index is 12.1. The molecule has 4 nitrogen and oxygen atoms in total. The summed E-state index contributed by atoms with van der Waals surface area (Å²) >= 11 is 1.32. The van der Waals surface area contributed by atoms with Gasteiger partial charge in [0.25, 0.3) is 5.91 Å². The minimum atomic E-state index is -1.19. The highest BCUT2D eigenvalue weighted by molar-refractivity contribution is 7.12. The van der Waals surface area contributed by atoms with Crippen LogP contribution in [-0.4, -0.2) is 11.9 Å². The van der Waals surface area contributed by atoms with Gasteiger partial charge in [-0.25, -0.2) is 0 Å². The monoisotopic (exact) mass is 316 g/mol. The van der Waals surface area contributed by atoms with E-state index in [1.54, 1.807) is 17.5 Å². The van der Waals surface area contributed by atoms with Gasteiger partial charge in [-0.2, -0.15) is 0 Å². The molecule has 1 aromatic carbocycles. The van der Waals surface area contributed by atoms with Crippen LogP contribution in [0, 0.1) is 0 Å². The molecule has 1 N–H and O–H groups in total. The van der Waals surface area contributed by atoms with Gasteiger partial charge in [0.1, 0.15) is 0 Å². The molecule has 0 aliphatic carbocycles. The number of amides is 1. The van der Waals surface area contributed by atoms with Crippen LogP contribution in [-0.2, 0) is 4.79 Å². The van der Waals surface area contributed by atoms with E-state index in [4.69, 9.17) is 0 Å². The van der Waals surface area contributed by atoms with Crippen LogP contribution >= 0.6 is 11.3 Å². The Labute approximate surface area is 133 Å². The van der Waals surface area contributed by atoms with Crippen molar-refractivity contribution in [2.75, 3.05) is 0 Å². The maximum atomic E-state index is 12.1. The fraction of sp³-hybridized carbons (Fsp3) is 0.294. The Morgan fingerprint density at radius 2 is 1.77 bits per heavy atom. The summed E-state index contributed by atoms with van der Waals surface area (Å²) in [6, 6.07) is 10.5. The SMILES string of the molecule is CC(C)c1ccc([C@@H](CC(=O)[O-])NC(=O)c2cccs2)cc1. The molecule has 0 radical (unpaired) electrons. The predicted octanol–water partition coefficient (Wildman–Crippen LogP) is 2.48. The number of carboxylic acid groups (broad SMARTS) is 1. The summed E-state index contributed by atoms with van der Waals surface area (Å²) in [5.41, 5.74) is 1.93. The van der Waals surface area contributed by atoms with Crippen LogP contribution in [0.5, 0.6) is 0 Å². The second kappa shape index (κ2) is 7.22. The molecule has 2 rings (SSSR count). The Hall–Kier alpha value is -2.14. The summed E-state index contributed by atoms with van der Waals surface area (Å²) in [4.78, 5) is 23.7. The minimum Gasteiger partial charge on any atom is -0.550 e. The molecule has 0 fully saturated rings. The van der Waals surface area contributed by atoms with Gasteiger partial charge in [-0.1, -0.05) is 44.2 Å². The molecule has 1 aromatic heterocycles. The van der Waals surface area contributed by atoms with E-state index in [-0.39, 0.29) is 12.3 Å². The molecule has 0 saturated heterocycles. The third-order valence-electron chi connectivity index (χ3n) is 3.43. The third kappa shape index (κ3) is 4.18. The Morgan fingerprint density at radius 3 is 2.27 bits per heavy atom. The van der Waals surface area contributed by atoms with Crippen LogP contribution in [0.1, 0.15) is 53.0 Å². The Morgan fingerprint density at radius 1 is 1.14 bits per heavy atom. The van der Waals surface area contributed by atoms with E-state index in [1.165, 1.54) is 16.9 Å². The number of hydrogen-bond acceptors (Lipinski definition) is 4. The molecule has 22 heavy (non-hydrogen) atoms. The van der Waals surface area contributed by atoms with Gasteiger partial charge >= 0.3 is 0 Å². The van der Waals surface area contributed by atoms with E-state index in [1.807, 2.05) is 24.3 Å². The topological polar surface area (TPSA) is 69.2 Å². The quantitative estimate of drug-likeness (QED) is 0.890. The lowest BCUT2D eigenvalue weighted by Crippen LogP contribution is -2.34. The molecular formula is C17H18NO3S-. The van der Waals surface area contributed by atoms with Gasteiger partial charge in [-0.3, -0.25) is 4.79 Å². The number of rotatable bonds is 6. The zero-order valence-corrected chi connectivity index (χ0v) is 13.4. The summed E-state index contributed by atoms with van der Waals surface area (Å²) in [5.74, 6) is -1.06. The number of carboxylic acids is 1. The van der Waals surface area contributed by atoms with E-state index in [0.717, 1.165) is 5.56 Å². The zero-order valence-electron chi connectivity index (χ0n) is 12.5. The fourth-order valence-corrected chi connectivity index (χ4v) is 2.80. The largest absolute Gasteiger partial charge is 0.550 e. The Bertz CT molecular complexity index is 632. The van der Waals surface area contributed by atoms with Gasteiger partial charge in [-0.15, -0.1) is 11.3 Å². The van der Waals surface area contributed by atoms with Gasteiger partial charge in [0.2, 0.25) is 0 Å². The lowest BCUT2D eigenvalue weighted by atomic mass is 9.97. The molecule has 5 heteroatoms. The fourth-order valence-electron chi connectivity index (χ4n) is 2.17. The van der Waals surface area contributed by atoms with Crippen molar-refractivity contribution in [3.63, 3.8) is 0 Å². The molecule has 0 aliphatic rings. The second-order valence-corrected chi connectivity index (χ2v) is 6.35. The minimum absolute atomic E-state index is 0.252. The van der Waals surface area contributed by atoms with Crippen LogP contribution in [0.2, 0.25) is 0 Å². The van der Waals surface area contributed by atoms with Crippen molar-refractivity contribution in [1.82, 2.24) is 5.32 Å². The summed E-state index contributed by atoms with van der Waals surface area (Å²) in [6.07, 6.45) is -0.252. The average Bonchev–Trinajstić information content (AvgIpc) is 3.00. The molecule has 116 valence electrons. The first-order valence-electron chi connectivity index (χ1n) is 7.11. The van der Waals surface area contributed by atoms with Crippen molar-refractivity contribution in [2.24, 2.45) is 0 Å². The molecule has 0 spiro atoms. The molecule has 0 unspecified atom stereocenters. The normalized spacial score (nSPS) is 12.1. The lowest BCUT2D eigenvalue weighted by molar-refractivity contribution is -0.306. The number of aliphatic carboxylic acids is 1. The lowest BCUT2D eigenvalue weighted by Gasteiger charge is -2.20. The van der Waals surface area contributed by atoms with E-state index in [0.29, 0.717) is 10.8 Å². The molecule has 0 aliphatic heterocycles. The van der Waals surface area contributed by atoms with Crippen LogP contribution in [0.15, 0.2) is 41.8 Å². The van der Waals surface area contributed by atoms with Crippen LogP contribution < -0.4 is 10.4 Å². The van der Waals surface area contributed by atoms with Crippen molar-refractivity contribution >= 4 is 23.2 Å². The molecule has 0 saturated carbocycles. The van der Waals surface area contributed by atoms with Crippen molar-refractivity contribution in [2.45, 2.75) is 32.2 Å². The van der Waals surface area contributed by atoms with Gasteiger partial charge < -0.3 is 15.2 Å².